The molecule has 24 N–H and O–H groups in total. The highest BCUT2D eigenvalue weighted by molar-refractivity contribution is 6.01. The Morgan fingerprint density at radius 2 is 0.768 bits per heavy atom. The highest BCUT2D eigenvalue weighted by Crippen LogP contribution is 2.20. The molecule has 0 bridgehead atoms. The number of cyclic esters (lactones) is 1. The minimum atomic E-state index is -2.11. The van der Waals surface area contributed by atoms with Crippen molar-refractivity contribution in [3.8, 4) is 0 Å². The van der Waals surface area contributed by atoms with E-state index in [2.05, 4.69) is 81.4 Å². The Labute approximate surface area is 733 Å². The maximum atomic E-state index is 15.1. The highest BCUT2D eigenvalue weighted by Gasteiger charge is 2.42. The average Bonchev–Trinajstić information content (AvgIpc) is 1.25. The van der Waals surface area contributed by atoms with E-state index in [9.17, 15) is 96.5 Å². The molecule has 41 nitrogen and oxygen atoms in total. The highest BCUT2D eigenvalue weighted by atomic mass is 16.5. The number of aliphatic hydroxyl groups excluding tert-OH is 1. The summed E-state index contributed by atoms with van der Waals surface area (Å²) in [6, 6.07) is -22.9. The van der Waals surface area contributed by atoms with Crippen molar-refractivity contribution in [3.05, 3.63) is 0 Å². The van der Waals surface area contributed by atoms with Gasteiger partial charge in [0.15, 0.2) is 0 Å². The number of nitrogens with one attached hydrogen (secondary N) is 14. The van der Waals surface area contributed by atoms with Gasteiger partial charge in [-0.15, -0.1) is 0 Å². The van der Waals surface area contributed by atoms with Crippen LogP contribution in [-0.2, 0) is 101 Å². The molecule has 0 aromatic heterocycles. The molecule has 1 aliphatic heterocycles. The van der Waals surface area contributed by atoms with E-state index in [0.29, 0.717) is 12.8 Å². The Bertz CT molecular complexity index is 3630. The molecule has 18 amide bonds. The van der Waals surface area contributed by atoms with Crippen LogP contribution in [0.25, 0.3) is 0 Å². The third kappa shape index (κ3) is 45.2. The van der Waals surface area contributed by atoms with Gasteiger partial charge in [0, 0.05) is 32.1 Å². The topological polar surface area (TPSA) is 664 Å². The van der Waals surface area contributed by atoms with Gasteiger partial charge in [0.2, 0.25) is 106 Å². The SMILES string of the molecule is CCCCCCC[C@H](O)CC(=O)N[C@H](CC(C)C)C(=O)N[C@H](CCC(=O)O)C(=O)N[C@H](CCC(N)=O)C(=O)N[C@H](C(=O)N[C@H](CC(C)C)C(=O)N[C@H](CCC(N)=O)C(=O)N[C@H]1COC(=O)[C@@H]([C@H](C)CC)NC(=O)[C@@H](CCC(N)=O)NC(=O)[C@@H](CC(C)C)NC(=O)[C@@H](CC(C)C)NC(=O)[C@H](CCC(N)=O)NC(=O)[C@@H](CC(C)C)NC(=O)[C@H](C(C)C)NC1=O)C(C)C. The number of unbranched alkanes of at least 4 members (excludes halogenated alkanes) is 4. The normalized spacial score (nSPS) is 20.6. The van der Waals surface area contributed by atoms with Gasteiger partial charge in [0.05, 0.1) is 12.5 Å². The third-order valence-electron chi connectivity index (χ3n) is 20.6. The maximum absolute atomic E-state index is 15.1. The number of hydrogen-bond acceptors (Lipinski definition) is 22. The fraction of sp³-hybridized carbons (Fsp3) is 0.762. The third-order valence-corrected chi connectivity index (χ3v) is 20.6. The number of amides is 18. The number of carboxylic acids is 1. The van der Waals surface area contributed by atoms with E-state index in [0.717, 1.165) is 25.7 Å². The lowest BCUT2D eigenvalue weighted by atomic mass is 9.97. The van der Waals surface area contributed by atoms with Crippen molar-refractivity contribution in [3.63, 3.8) is 0 Å². The number of carboxylic acid groups (broad SMARTS) is 1. The van der Waals surface area contributed by atoms with Crippen LogP contribution >= 0.6 is 0 Å². The zero-order chi connectivity index (χ0) is 95.4. The average molecular weight is 1780 g/mol. The molecule has 1 aliphatic rings. The maximum Gasteiger partial charge on any atom is 0.329 e. The van der Waals surface area contributed by atoms with Crippen LogP contribution in [0, 0.1) is 47.3 Å². The molecular formula is C84H146N18O23. The number of ether oxygens (including phenoxy) is 1. The molecule has 1 heterocycles. The molecule has 0 unspecified atom stereocenters. The van der Waals surface area contributed by atoms with E-state index in [1.54, 1.807) is 76.2 Å². The Balaban J connectivity index is 4.23. The smallest absolute Gasteiger partial charge is 0.329 e. The van der Waals surface area contributed by atoms with Crippen molar-refractivity contribution in [2.75, 3.05) is 6.61 Å². The number of carbonyl (C=O) groups excluding carboxylic acids is 19. The summed E-state index contributed by atoms with van der Waals surface area (Å²) >= 11 is 0. The largest absolute Gasteiger partial charge is 0.481 e. The zero-order valence-electron chi connectivity index (χ0n) is 76.0. The van der Waals surface area contributed by atoms with Crippen molar-refractivity contribution in [1.29, 1.82) is 0 Å². The lowest BCUT2D eigenvalue weighted by Gasteiger charge is -2.30. The minimum Gasteiger partial charge on any atom is -0.481 e. The second-order valence-electron chi connectivity index (χ2n) is 35.4. The number of carbonyl (C=O) groups is 20. The molecule has 710 valence electrons. The first-order valence-electron chi connectivity index (χ1n) is 43.7. The first kappa shape index (κ1) is 112. The van der Waals surface area contributed by atoms with Gasteiger partial charge in [0.25, 0.3) is 0 Å². The molecule has 1 rings (SSSR count). The number of aliphatic carboxylic acids is 1. The Hall–Kier alpha value is -10.6. The van der Waals surface area contributed by atoms with Crippen molar-refractivity contribution >= 4 is 118 Å². The van der Waals surface area contributed by atoms with Crippen LogP contribution in [0.2, 0.25) is 0 Å². The first-order valence-corrected chi connectivity index (χ1v) is 43.7. The van der Waals surface area contributed by atoms with Gasteiger partial charge in [-0.1, -0.05) is 156 Å². The molecule has 0 spiro atoms. The van der Waals surface area contributed by atoms with Gasteiger partial charge in [-0.05, 0) is 118 Å². The van der Waals surface area contributed by atoms with E-state index < -0.39 is 303 Å². The quantitative estimate of drug-likeness (QED) is 0.0255. The molecule has 0 aliphatic carbocycles. The second kappa shape index (κ2) is 57.8. The lowest BCUT2D eigenvalue weighted by molar-refractivity contribution is -0.152. The Morgan fingerprint density at radius 3 is 1.17 bits per heavy atom. The van der Waals surface area contributed by atoms with Gasteiger partial charge in [-0.3, -0.25) is 91.1 Å². The molecule has 0 saturated carbocycles. The number of rotatable bonds is 50. The second-order valence-corrected chi connectivity index (χ2v) is 35.4. The van der Waals surface area contributed by atoms with Crippen LogP contribution < -0.4 is 97.4 Å². The van der Waals surface area contributed by atoms with E-state index in [1.807, 2.05) is 0 Å². The summed E-state index contributed by atoms with van der Waals surface area (Å²) in [4.78, 5) is 280. The molecule has 16 atom stereocenters. The molecule has 1 fully saturated rings. The molecule has 1 saturated heterocycles. The molecule has 0 aromatic rings. The molecule has 41 heteroatoms. The predicted molar refractivity (Wildman–Crippen MR) is 459 cm³/mol. The standard InChI is InChI=1S/C84H146N18O23/c1-18-20-21-22-23-24-50(103)40-66(108)89-56(35-42(3)4)76(116)94-55(29-34-67(109)110)71(111)90-53(27-32-64(87)106)74(114)100-68(47(13)14)82(122)97-60(39-46(11)12)79(119)92-52(26-31-63(86)105)73(113)99-61-41-125-84(124)70(49(17)19-2)102-75(115)54(28-33-65(88)107)93-77(117)57(36-43(5)6)96-80(120)58(37-44(7)8)95-72(112)51(25-30-62(85)104)91-78(118)59(38-45(9)10)98-83(123)69(48(15)16)101-81(61)121/h42-61,68-70,103H,18-41H2,1-17H3,(H2,85,104)(H2,86,105)(H2,87,106)(H2,88,107)(H,89,108)(H,90,111)(H,91,118)(H,92,119)(H,93,117)(H,94,116)(H,95,112)(H,96,120)(H,97,122)(H,98,123)(H,99,113)(H,100,114)(H,101,121)(H,102,115)(H,109,110)/t49-,50+,51+,52-,53-,54-,55-,56-,57-,58-,59-,60-,61+,68+,69+,70-/m1/s1. The monoisotopic (exact) mass is 1780 g/mol. The number of esters is 1. The van der Waals surface area contributed by atoms with Crippen molar-refractivity contribution in [1.82, 2.24) is 74.4 Å². The van der Waals surface area contributed by atoms with E-state index in [-0.39, 0.29) is 68.6 Å². The fourth-order valence-electron chi connectivity index (χ4n) is 13.5. The molecule has 125 heavy (non-hydrogen) atoms. The van der Waals surface area contributed by atoms with Gasteiger partial charge < -0.3 is 112 Å². The predicted octanol–water partition coefficient (Wildman–Crippen LogP) is -1.04. The van der Waals surface area contributed by atoms with E-state index in [4.69, 9.17) is 27.7 Å². The summed E-state index contributed by atoms with van der Waals surface area (Å²) in [6.07, 6.45) is -2.30. The van der Waals surface area contributed by atoms with Crippen molar-refractivity contribution in [2.45, 2.75) is 356 Å². The van der Waals surface area contributed by atoms with Crippen molar-refractivity contribution < 1.29 is 111 Å². The van der Waals surface area contributed by atoms with Gasteiger partial charge in [-0.2, -0.15) is 0 Å². The summed E-state index contributed by atoms with van der Waals surface area (Å²) in [5.74, 6) is -25.1. The summed E-state index contributed by atoms with van der Waals surface area (Å²) < 4.78 is 5.79. The molecule has 0 aromatic carbocycles. The Morgan fingerprint density at radius 1 is 0.400 bits per heavy atom. The van der Waals surface area contributed by atoms with Crippen LogP contribution in [0.1, 0.15) is 265 Å². The van der Waals surface area contributed by atoms with Crippen LogP contribution in [-0.4, -0.2) is 226 Å². The zero-order valence-corrected chi connectivity index (χ0v) is 76.0. The lowest BCUT2D eigenvalue weighted by Crippen LogP contribution is -2.62. The molecular weight excluding hydrogens is 1630 g/mol. The number of nitrogens with two attached hydrogens (primary N) is 4. The van der Waals surface area contributed by atoms with Gasteiger partial charge >= 0.3 is 11.9 Å². The number of hydrogen-bond donors (Lipinski definition) is 20. The first-order chi connectivity index (χ1) is 58.3. The van der Waals surface area contributed by atoms with E-state index in [1.165, 1.54) is 34.6 Å². The van der Waals surface area contributed by atoms with Crippen LogP contribution in [0.4, 0.5) is 0 Å². The van der Waals surface area contributed by atoms with Gasteiger partial charge in [0.1, 0.15) is 91.2 Å². The van der Waals surface area contributed by atoms with Gasteiger partial charge in [-0.25, -0.2) is 4.79 Å². The summed E-state index contributed by atoms with van der Waals surface area (Å²) in [7, 11) is 0. The summed E-state index contributed by atoms with van der Waals surface area (Å²) in [6.45, 7) is 27.2. The fourth-order valence-corrected chi connectivity index (χ4v) is 13.5. The number of primary amides is 4. The minimum absolute atomic E-state index is 0.0341. The van der Waals surface area contributed by atoms with Crippen molar-refractivity contribution in [2.24, 2.45) is 70.3 Å². The Kier molecular flexibility index (Phi) is 52.0. The summed E-state index contributed by atoms with van der Waals surface area (Å²) in [5, 5.41) is 56.0. The van der Waals surface area contributed by atoms with Crippen LogP contribution in [0.5, 0.6) is 0 Å². The molecule has 0 radical (unpaired) electrons. The number of aliphatic hydroxyl groups is 1. The van der Waals surface area contributed by atoms with E-state index >= 15 is 9.59 Å². The van der Waals surface area contributed by atoms with Crippen LogP contribution in [0.15, 0.2) is 0 Å². The summed E-state index contributed by atoms with van der Waals surface area (Å²) in [5.41, 5.74) is 22.2. The van der Waals surface area contributed by atoms with Crippen LogP contribution in [0.3, 0.4) is 0 Å².